The van der Waals surface area contributed by atoms with Gasteiger partial charge in [-0.15, -0.1) is 0 Å². The normalized spacial score (nSPS) is 19.4. The average Bonchev–Trinajstić information content (AvgIpc) is 3.41. The Morgan fingerprint density at radius 1 is 1.11 bits per heavy atom. The van der Waals surface area contributed by atoms with E-state index in [-0.39, 0.29) is 33.3 Å². The Balaban J connectivity index is 1.94. The SMILES string of the molecule is COC(=O)CC(c1ccc(Cl)c(NC(=O)C(c2ccc(Cl)cc2)C(C)C(F)(F)F)c1)C1CC1(F)F. The minimum Gasteiger partial charge on any atom is -0.469 e. The molecule has 1 aliphatic carbocycles. The van der Waals surface area contributed by atoms with E-state index in [0.717, 1.165) is 14.0 Å². The highest BCUT2D eigenvalue weighted by Crippen LogP contribution is 2.57. The summed E-state index contributed by atoms with van der Waals surface area (Å²) >= 11 is 12.0. The summed E-state index contributed by atoms with van der Waals surface area (Å²) in [4.78, 5) is 24.9. The van der Waals surface area contributed by atoms with Crippen LogP contribution >= 0.6 is 23.2 Å². The second-order valence-electron chi connectivity index (χ2n) is 8.55. The summed E-state index contributed by atoms with van der Waals surface area (Å²) in [5.74, 6) is -10.4. The molecule has 0 aliphatic heterocycles. The fourth-order valence-corrected chi connectivity index (χ4v) is 4.32. The van der Waals surface area contributed by atoms with Crippen LogP contribution in [-0.4, -0.2) is 31.1 Å². The Kier molecular flexibility index (Phi) is 8.01. The molecular formula is C24H22Cl2F5NO3. The van der Waals surface area contributed by atoms with E-state index in [0.29, 0.717) is 0 Å². The first-order valence-electron chi connectivity index (χ1n) is 10.6. The van der Waals surface area contributed by atoms with Gasteiger partial charge in [0.05, 0.1) is 36.1 Å². The molecule has 0 saturated heterocycles. The molecule has 35 heavy (non-hydrogen) atoms. The van der Waals surface area contributed by atoms with Crippen molar-refractivity contribution >= 4 is 40.8 Å². The van der Waals surface area contributed by atoms with Crippen molar-refractivity contribution < 1.29 is 36.3 Å². The summed E-state index contributed by atoms with van der Waals surface area (Å²) in [6.07, 6.45) is -5.43. The number of hydrogen-bond donors (Lipinski definition) is 1. The summed E-state index contributed by atoms with van der Waals surface area (Å²) in [6, 6.07) is 9.49. The average molecular weight is 538 g/mol. The first-order chi connectivity index (χ1) is 16.2. The predicted molar refractivity (Wildman–Crippen MR) is 122 cm³/mol. The van der Waals surface area contributed by atoms with Crippen LogP contribution in [0.4, 0.5) is 27.6 Å². The van der Waals surface area contributed by atoms with E-state index in [1.807, 2.05) is 0 Å². The van der Waals surface area contributed by atoms with Gasteiger partial charge in [0.25, 0.3) is 5.92 Å². The summed E-state index contributed by atoms with van der Waals surface area (Å²) < 4.78 is 73.1. The third-order valence-corrected chi connectivity index (χ3v) is 6.76. The Morgan fingerprint density at radius 2 is 1.69 bits per heavy atom. The van der Waals surface area contributed by atoms with Crippen molar-refractivity contribution in [2.45, 2.75) is 43.7 Å². The van der Waals surface area contributed by atoms with Gasteiger partial charge in [0.15, 0.2) is 0 Å². The van der Waals surface area contributed by atoms with Crippen molar-refractivity contribution in [2.24, 2.45) is 11.8 Å². The minimum atomic E-state index is -4.68. The summed E-state index contributed by atoms with van der Waals surface area (Å²) in [7, 11) is 1.14. The second-order valence-corrected chi connectivity index (χ2v) is 9.39. The molecule has 1 N–H and O–H groups in total. The molecular weight excluding hydrogens is 516 g/mol. The fourth-order valence-electron chi connectivity index (χ4n) is 4.03. The quantitative estimate of drug-likeness (QED) is 0.285. The number of methoxy groups -OCH3 is 1. The Bertz CT molecular complexity index is 1090. The molecule has 11 heteroatoms. The van der Waals surface area contributed by atoms with Gasteiger partial charge in [-0.25, -0.2) is 8.78 Å². The molecule has 0 heterocycles. The Morgan fingerprint density at radius 3 is 2.20 bits per heavy atom. The number of anilines is 1. The molecule has 3 rings (SSSR count). The number of rotatable bonds is 8. The fraction of sp³-hybridized carbons (Fsp3) is 0.417. The first kappa shape index (κ1) is 27.2. The molecule has 1 aliphatic rings. The summed E-state index contributed by atoms with van der Waals surface area (Å²) in [6.45, 7) is 0.887. The maximum Gasteiger partial charge on any atom is 0.392 e. The number of alkyl halides is 5. The van der Waals surface area contributed by atoms with Crippen LogP contribution < -0.4 is 5.32 Å². The van der Waals surface area contributed by atoms with Gasteiger partial charge in [-0.05, 0) is 35.4 Å². The van der Waals surface area contributed by atoms with Crippen LogP contribution in [0.25, 0.3) is 0 Å². The van der Waals surface area contributed by atoms with Crippen molar-refractivity contribution in [3.05, 3.63) is 63.6 Å². The number of amides is 1. The molecule has 0 spiro atoms. The number of hydrogen-bond acceptors (Lipinski definition) is 3. The maximum atomic E-state index is 13.8. The highest BCUT2D eigenvalue weighted by molar-refractivity contribution is 6.33. The van der Waals surface area contributed by atoms with E-state index in [4.69, 9.17) is 23.2 Å². The topological polar surface area (TPSA) is 55.4 Å². The number of halogens is 7. The van der Waals surface area contributed by atoms with Gasteiger partial charge < -0.3 is 10.1 Å². The van der Waals surface area contributed by atoms with Crippen LogP contribution in [-0.2, 0) is 14.3 Å². The van der Waals surface area contributed by atoms with Crippen LogP contribution in [0.3, 0.4) is 0 Å². The molecule has 4 unspecified atom stereocenters. The summed E-state index contributed by atoms with van der Waals surface area (Å²) in [5.41, 5.74) is 0.315. The number of nitrogens with one attached hydrogen (secondary N) is 1. The van der Waals surface area contributed by atoms with E-state index in [9.17, 15) is 31.5 Å². The van der Waals surface area contributed by atoms with E-state index < -0.39 is 54.1 Å². The van der Waals surface area contributed by atoms with E-state index in [1.165, 1.54) is 42.5 Å². The van der Waals surface area contributed by atoms with Gasteiger partial charge in [-0.2, -0.15) is 13.2 Å². The zero-order valence-corrected chi connectivity index (χ0v) is 20.1. The molecule has 1 amide bonds. The number of benzene rings is 2. The van der Waals surface area contributed by atoms with E-state index in [1.54, 1.807) is 0 Å². The van der Waals surface area contributed by atoms with Gasteiger partial charge in [-0.1, -0.05) is 48.3 Å². The van der Waals surface area contributed by atoms with Gasteiger partial charge in [0.2, 0.25) is 5.91 Å². The standard InChI is InChI=1S/C24H22Cl2F5NO3/c1-12(24(29,30)31)21(13-3-6-15(25)7-4-13)22(34)32-19-9-14(5-8-18(19)26)16(10-20(33)35-2)17-11-23(17,27)28/h3-9,12,16-17,21H,10-11H2,1-2H3,(H,32,34). The minimum absolute atomic E-state index is 0.00371. The number of carbonyl (C=O) groups is 2. The Hall–Kier alpha value is -2.39. The van der Waals surface area contributed by atoms with E-state index >= 15 is 0 Å². The molecule has 0 aromatic heterocycles. The van der Waals surface area contributed by atoms with Crippen LogP contribution in [0.1, 0.15) is 42.7 Å². The smallest absolute Gasteiger partial charge is 0.392 e. The first-order valence-corrected chi connectivity index (χ1v) is 11.4. The van der Waals surface area contributed by atoms with Gasteiger partial charge in [0.1, 0.15) is 0 Å². The number of carbonyl (C=O) groups excluding carboxylic acids is 2. The molecule has 1 fully saturated rings. The summed E-state index contributed by atoms with van der Waals surface area (Å²) in [5, 5.41) is 2.70. The largest absolute Gasteiger partial charge is 0.469 e. The van der Waals surface area contributed by atoms with Gasteiger partial charge >= 0.3 is 12.1 Å². The van der Waals surface area contributed by atoms with Crippen molar-refractivity contribution in [2.75, 3.05) is 12.4 Å². The molecule has 2 aromatic carbocycles. The molecule has 4 nitrogen and oxygen atoms in total. The lowest BCUT2D eigenvalue weighted by Gasteiger charge is -2.26. The maximum absolute atomic E-state index is 13.8. The van der Waals surface area contributed by atoms with Crippen molar-refractivity contribution in [3.63, 3.8) is 0 Å². The van der Waals surface area contributed by atoms with Crippen molar-refractivity contribution in [1.82, 2.24) is 0 Å². The molecule has 0 bridgehead atoms. The molecule has 1 saturated carbocycles. The molecule has 2 aromatic rings. The lowest BCUT2D eigenvalue weighted by Crippen LogP contribution is -2.34. The number of ether oxygens (including phenoxy) is 1. The highest BCUT2D eigenvalue weighted by Gasteiger charge is 2.60. The van der Waals surface area contributed by atoms with Crippen LogP contribution in [0, 0.1) is 11.8 Å². The Labute approximate surface area is 208 Å². The zero-order chi connectivity index (χ0) is 26.1. The third kappa shape index (κ3) is 6.44. The van der Waals surface area contributed by atoms with Gasteiger partial charge in [-0.3, -0.25) is 9.59 Å². The van der Waals surface area contributed by atoms with Crippen LogP contribution in [0.5, 0.6) is 0 Å². The third-order valence-electron chi connectivity index (χ3n) is 6.18. The zero-order valence-electron chi connectivity index (χ0n) is 18.6. The molecule has 4 atom stereocenters. The van der Waals surface area contributed by atoms with Crippen LogP contribution in [0.2, 0.25) is 10.0 Å². The number of esters is 1. The predicted octanol–water partition coefficient (Wildman–Crippen LogP) is 7.22. The molecule has 190 valence electrons. The van der Waals surface area contributed by atoms with Crippen LogP contribution in [0.15, 0.2) is 42.5 Å². The van der Waals surface area contributed by atoms with Crippen molar-refractivity contribution in [3.8, 4) is 0 Å². The monoisotopic (exact) mass is 537 g/mol. The van der Waals surface area contributed by atoms with E-state index in [2.05, 4.69) is 10.1 Å². The molecule has 0 radical (unpaired) electrons. The lowest BCUT2D eigenvalue weighted by atomic mass is 9.85. The lowest BCUT2D eigenvalue weighted by molar-refractivity contribution is -0.178. The second kappa shape index (κ2) is 10.3. The highest BCUT2D eigenvalue weighted by atomic mass is 35.5. The van der Waals surface area contributed by atoms with Crippen molar-refractivity contribution in [1.29, 1.82) is 0 Å². The van der Waals surface area contributed by atoms with Gasteiger partial charge in [0, 0.05) is 23.3 Å².